The molecule has 0 N–H and O–H groups in total. The summed E-state index contributed by atoms with van der Waals surface area (Å²) in [6.45, 7) is 4.67. The van der Waals surface area contributed by atoms with Crippen LogP contribution < -0.4 is 4.90 Å². The zero-order valence-electron chi connectivity index (χ0n) is 27.4. The molecule has 0 saturated carbocycles. The van der Waals surface area contributed by atoms with Crippen molar-refractivity contribution < 1.29 is 0 Å². The second-order valence-corrected chi connectivity index (χ2v) is 13.3. The van der Waals surface area contributed by atoms with E-state index in [0.29, 0.717) is 5.56 Å². The molecule has 1 aliphatic heterocycles. The molecule has 1 aliphatic rings. The van der Waals surface area contributed by atoms with Crippen LogP contribution in [0, 0.1) is 11.3 Å². The summed E-state index contributed by atoms with van der Waals surface area (Å²) in [6, 6.07) is 60.6. The molecule has 49 heavy (non-hydrogen) atoms. The van der Waals surface area contributed by atoms with Crippen LogP contribution >= 0.6 is 0 Å². The third-order valence-corrected chi connectivity index (χ3v) is 10.2. The van der Waals surface area contributed by atoms with Gasteiger partial charge in [0.05, 0.1) is 33.7 Å². The molecule has 0 aliphatic carbocycles. The maximum atomic E-state index is 10.5. The minimum absolute atomic E-state index is 0.225. The maximum absolute atomic E-state index is 10.5. The van der Waals surface area contributed by atoms with Gasteiger partial charge in [-0.05, 0) is 76.3 Å². The average molecular weight is 628 g/mol. The van der Waals surface area contributed by atoms with Crippen molar-refractivity contribution in [2.24, 2.45) is 0 Å². The van der Waals surface area contributed by atoms with E-state index in [1.807, 2.05) is 12.1 Å². The van der Waals surface area contributed by atoms with E-state index in [1.165, 1.54) is 33.3 Å². The first-order valence-electron chi connectivity index (χ1n) is 16.8. The molecule has 0 spiro atoms. The molecule has 7 aromatic carbocycles. The Balaban J connectivity index is 1.28. The van der Waals surface area contributed by atoms with Crippen LogP contribution in [0.15, 0.2) is 164 Å². The van der Waals surface area contributed by atoms with Crippen molar-refractivity contribution in [1.82, 2.24) is 4.57 Å². The van der Waals surface area contributed by atoms with Crippen molar-refractivity contribution in [3.8, 4) is 34.0 Å². The molecule has 0 fully saturated rings. The Hall–Kier alpha value is -6.37. The number of para-hydroxylation sites is 5. The molecule has 0 atom stereocenters. The number of aromatic nitrogens is 1. The van der Waals surface area contributed by atoms with Gasteiger partial charge >= 0.3 is 0 Å². The Labute approximate surface area is 286 Å². The first-order valence-corrected chi connectivity index (χ1v) is 16.8. The topological polar surface area (TPSA) is 32.0 Å². The van der Waals surface area contributed by atoms with E-state index >= 15 is 0 Å². The van der Waals surface area contributed by atoms with Crippen molar-refractivity contribution in [3.63, 3.8) is 0 Å². The molecular formula is C46H33N3. The predicted octanol–water partition coefficient (Wildman–Crippen LogP) is 12.1. The normalized spacial score (nSPS) is 13.2. The van der Waals surface area contributed by atoms with Crippen LogP contribution in [0.2, 0.25) is 0 Å². The second-order valence-electron chi connectivity index (χ2n) is 13.3. The second kappa shape index (κ2) is 11.1. The first kappa shape index (κ1) is 28.8. The molecule has 0 saturated heterocycles. The van der Waals surface area contributed by atoms with Crippen molar-refractivity contribution in [3.05, 3.63) is 180 Å². The molecule has 2 heterocycles. The molecule has 232 valence electrons. The van der Waals surface area contributed by atoms with Crippen LogP contribution in [0.1, 0.15) is 30.5 Å². The number of hydrogen-bond acceptors (Lipinski definition) is 2. The van der Waals surface area contributed by atoms with Crippen molar-refractivity contribution in [2.45, 2.75) is 19.3 Å². The summed E-state index contributed by atoms with van der Waals surface area (Å²) >= 11 is 0. The highest BCUT2D eigenvalue weighted by Gasteiger charge is 2.37. The number of benzene rings is 7. The van der Waals surface area contributed by atoms with Crippen molar-refractivity contribution >= 4 is 38.9 Å². The standard InChI is InChI=1S/C46H33N3/c1-46(2)39-23-10-13-26-43(39)48(33-16-4-3-5-17-33)44-28-27-31(29-40(44)46)34-18-6-7-19-35(34)38-22-14-15-32(30-47)45(38)49-41-24-11-8-20-36(41)37-21-9-12-25-42(37)49/h3-29H,1-2H3. The van der Waals surface area contributed by atoms with Gasteiger partial charge in [0.2, 0.25) is 0 Å². The van der Waals surface area contributed by atoms with Gasteiger partial charge < -0.3 is 9.47 Å². The minimum atomic E-state index is -0.225. The largest absolute Gasteiger partial charge is 0.310 e. The van der Waals surface area contributed by atoms with E-state index in [1.54, 1.807) is 0 Å². The molecule has 0 amide bonds. The number of fused-ring (bicyclic) bond motifs is 5. The Bertz CT molecular complexity index is 2550. The average Bonchev–Trinajstić information content (AvgIpc) is 3.49. The van der Waals surface area contributed by atoms with Crippen LogP contribution in [-0.4, -0.2) is 4.57 Å². The lowest BCUT2D eigenvalue weighted by Gasteiger charge is -2.42. The SMILES string of the molecule is CC1(C)c2ccccc2N(c2ccccc2)c2ccc(-c3ccccc3-c3cccc(C#N)c3-n3c4ccccc4c4ccccc43)cc21. The summed E-state index contributed by atoms with van der Waals surface area (Å²) in [5.41, 5.74) is 14.0. The quantitative estimate of drug-likeness (QED) is 0.194. The van der Waals surface area contributed by atoms with Gasteiger partial charge in [-0.15, -0.1) is 0 Å². The summed E-state index contributed by atoms with van der Waals surface area (Å²) < 4.78 is 2.28. The van der Waals surface area contributed by atoms with E-state index in [4.69, 9.17) is 0 Å². The van der Waals surface area contributed by atoms with Crippen molar-refractivity contribution in [1.29, 1.82) is 5.26 Å². The molecular weight excluding hydrogens is 595 g/mol. The molecule has 1 aromatic heterocycles. The van der Waals surface area contributed by atoms with Gasteiger partial charge in [-0.3, -0.25) is 0 Å². The van der Waals surface area contributed by atoms with Gasteiger partial charge in [0.15, 0.2) is 0 Å². The summed E-state index contributed by atoms with van der Waals surface area (Å²) in [5, 5.41) is 12.9. The summed E-state index contributed by atoms with van der Waals surface area (Å²) in [5.74, 6) is 0. The lowest BCUT2D eigenvalue weighted by atomic mass is 9.72. The van der Waals surface area contributed by atoms with Crippen LogP contribution in [0.4, 0.5) is 17.1 Å². The fourth-order valence-corrected chi connectivity index (χ4v) is 7.95. The van der Waals surface area contributed by atoms with Gasteiger partial charge in [0.1, 0.15) is 6.07 Å². The number of nitrogens with zero attached hydrogens (tertiary/aromatic N) is 3. The Morgan fingerprint density at radius 1 is 0.510 bits per heavy atom. The Morgan fingerprint density at radius 2 is 1.10 bits per heavy atom. The van der Waals surface area contributed by atoms with Crippen molar-refractivity contribution in [2.75, 3.05) is 4.90 Å². The van der Waals surface area contributed by atoms with E-state index in [-0.39, 0.29) is 5.41 Å². The summed E-state index contributed by atoms with van der Waals surface area (Å²) in [4.78, 5) is 2.39. The molecule has 0 radical (unpaired) electrons. The molecule has 8 aromatic rings. The zero-order valence-corrected chi connectivity index (χ0v) is 27.4. The summed E-state index contributed by atoms with van der Waals surface area (Å²) in [7, 11) is 0. The van der Waals surface area contributed by atoms with Gasteiger partial charge in [-0.2, -0.15) is 5.26 Å². The zero-order chi connectivity index (χ0) is 33.1. The van der Waals surface area contributed by atoms with E-state index in [2.05, 4.69) is 181 Å². The first-order chi connectivity index (χ1) is 24.1. The van der Waals surface area contributed by atoms with Crippen LogP contribution in [0.25, 0.3) is 49.7 Å². The highest BCUT2D eigenvalue weighted by molar-refractivity contribution is 6.10. The van der Waals surface area contributed by atoms with E-state index < -0.39 is 0 Å². The lowest BCUT2D eigenvalue weighted by Crippen LogP contribution is -2.30. The third kappa shape index (κ3) is 4.35. The van der Waals surface area contributed by atoms with Gasteiger partial charge in [0.25, 0.3) is 0 Å². The smallest absolute Gasteiger partial charge is 0.101 e. The third-order valence-electron chi connectivity index (χ3n) is 10.2. The predicted molar refractivity (Wildman–Crippen MR) is 203 cm³/mol. The highest BCUT2D eigenvalue weighted by Crippen LogP contribution is 2.53. The number of anilines is 3. The molecule has 0 bridgehead atoms. The molecule has 3 heteroatoms. The maximum Gasteiger partial charge on any atom is 0.101 e. The minimum Gasteiger partial charge on any atom is -0.310 e. The highest BCUT2D eigenvalue weighted by atomic mass is 15.2. The Morgan fingerprint density at radius 3 is 1.84 bits per heavy atom. The van der Waals surface area contributed by atoms with Gasteiger partial charge in [-0.1, -0.05) is 129 Å². The Kier molecular flexibility index (Phi) is 6.54. The summed E-state index contributed by atoms with van der Waals surface area (Å²) in [6.07, 6.45) is 0. The van der Waals surface area contributed by atoms with Crippen LogP contribution in [0.5, 0.6) is 0 Å². The lowest BCUT2D eigenvalue weighted by molar-refractivity contribution is 0.632. The van der Waals surface area contributed by atoms with Crippen LogP contribution in [-0.2, 0) is 5.41 Å². The van der Waals surface area contributed by atoms with Gasteiger partial charge in [0, 0.05) is 27.4 Å². The molecule has 3 nitrogen and oxygen atoms in total. The number of rotatable bonds is 4. The van der Waals surface area contributed by atoms with Gasteiger partial charge in [-0.25, -0.2) is 0 Å². The van der Waals surface area contributed by atoms with E-state index in [0.717, 1.165) is 44.7 Å². The monoisotopic (exact) mass is 627 g/mol. The molecule has 9 rings (SSSR count). The fourth-order valence-electron chi connectivity index (χ4n) is 7.95. The van der Waals surface area contributed by atoms with E-state index in [9.17, 15) is 5.26 Å². The number of hydrogen-bond donors (Lipinski definition) is 0. The molecule has 0 unspecified atom stereocenters. The van der Waals surface area contributed by atoms with Crippen LogP contribution in [0.3, 0.4) is 0 Å². The number of nitriles is 1. The fraction of sp³-hybridized carbons (Fsp3) is 0.0652.